The fraction of sp³-hybridized carbons (Fsp3) is 0.354. The highest BCUT2D eigenvalue weighted by Crippen LogP contribution is 2.48. The Morgan fingerprint density at radius 1 is 0.724 bits per heavy atom. The van der Waals surface area contributed by atoms with Gasteiger partial charge in [0.2, 0.25) is 11.8 Å². The van der Waals surface area contributed by atoms with Gasteiger partial charge in [0.05, 0.1) is 11.1 Å². The molecule has 0 N–H and O–H groups in total. The number of benzene rings is 4. The largest absolute Gasteiger partial charge is 0.473 e. The Morgan fingerprint density at radius 2 is 1.34 bits per heavy atom. The third-order valence-electron chi connectivity index (χ3n) is 12.3. The van der Waals surface area contributed by atoms with E-state index in [4.69, 9.17) is 24.3 Å². The molecule has 10 nitrogen and oxygen atoms in total. The van der Waals surface area contributed by atoms with Gasteiger partial charge in [-0.2, -0.15) is 10.1 Å². The predicted octanol–water partition coefficient (Wildman–Crippen LogP) is 8.74. The van der Waals surface area contributed by atoms with E-state index in [9.17, 15) is 4.79 Å². The van der Waals surface area contributed by atoms with Crippen LogP contribution < -0.4 is 14.4 Å². The smallest absolute Gasteiger partial charge is 0.410 e. The number of fused-ring (bicyclic) bond motifs is 1. The van der Waals surface area contributed by atoms with E-state index >= 15 is 0 Å². The molecule has 1 spiro atoms. The summed E-state index contributed by atoms with van der Waals surface area (Å²) in [5.41, 5.74) is 7.58. The Bertz CT molecular complexity index is 2290. The van der Waals surface area contributed by atoms with Crippen LogP contribution in [0.2, 0.25) is 0 Å². The number of aromatic nitrogens is 3. The van der Waals surface area contributed by atoms with Gasteiger partial charge in [0.15, 0.2) is 0 Å². The molecule has 0 atom stereocenters. The Hall–Kier alpha value is -5.87. The number of piperazine rings is 1. The van der Waals surface area contributed by atoms with Crippen LogP contribution in [-0.2, 0) is 31.6 Å². The molecule has 2 aliphatic heterocycles. The number of carbonyl (C=O) groups excluding carboxylic acids is 1. The molecule has 0 radical (unpaired) electrons. The Morgan fingerprint density at radius 3 is 2.00 bits per heavy atom. The zero-order valence-electron chi connectivity index (χ0n) is 33.3. The van der Waals surface area contributed by atoms with E-state index in [1.54, 1.807) is 0 Å². The maximum absolute atomic E-state index is 12.7. The molecule has 1 saturated carbocycles. The Balaban J connectivity index is 0.801. The minimum Gasteiger partial charge on any atom is -0.473 e. The molecule has 2 aromatic heterocycles. The van der Waals surface area contributed by atoms with Crippen LogP contribution >= 0.6 is 0 Å². The quantitative estimate of drug-likeness (QED) is 0.122. The predicted molar refractivity (Wildman–Crippen MR) is 227 cm³/mol. The summed E-state index contributed by atoms with van der Waals surface area (Å²) in [5, 5.41) is 6.09. The van der Waals surface area contributed by atoms with Crippen molar-refractivity contribution < 1.29 is 19.0 Å². The summed E-state index contributed by atoms with van der Waals surface area (Å²) in [6, 6.07) is 40.8. The monoisotopic (exact) mass is 776 g/mol. The Labute approximate surface area is 341 Å². The van der Waals surface area contributed by atoms with Gasteiger partial charge in [-0.3, -0.25) is 9.58 Å². The van der Waals surface area contributed by atoms with Crippen LogP contribution in [0, 0.1) is 11.3 Å². The summed E-state index contributed by atoms with van der Waals surface area (Å²) < 4.78 is 20.1. The molecule has 2 saturated heterocycles. The van der Waals surface area contributed by atoms with E-state index in [1.807, 2.05) is 108 Å². The number of hydrogen-bond acceptors (Lipinski definition) is 8. The molecular formula is C48H52N6O4. The number of pyridine rings is 1. The molecule has 3 fully saturated rings. The normalized spacial score (nSPS) is 17.0. The SMILES string of the molecule is Cn1nc(-c2ccc(OCc3ccccc3)nc2OCc2ccccc2)c2ccc(N3CC4(CCC(CN5CCN(C(=O)OCc6ccccc6)CC5)CC4)C3)cc21. The van der Waals surface area contributed by atoms with Crippen molar-refractivity contribution in [3.8, 4) is 23.0 Å². The number of aryl methyl sites for hydroxylation is 1. The minimum atomic E-state index is -0.202. The van der Waals surface area contributed by atoms with E-state index in [2.05, 4.69) is 40.1 Å². The first-order valence-electron chi connectivity index (χ1n) is 20.7. The van der Waals surface area contributed by atoms with Crippen LogP contribution in [0.25, 0.3) is 22.2 Å². The molecule has 0 unspecified atom stereocenters. The highest BCUT2D eigenvalue weighted by Gasteiger charge is 2.45. The topological polar surface area (TPSA) is 85.2 Å². The summed E-state index contributed by atoms with van der Waals surface area (Å²) in [7, 11) is 2.02. The van der Waals surface area contributed by atoms with Crippen molar-refractivity contribution in [2.75, 3.05) is 50.7 Å². The molecule has 298 valence electrons. The van der Waals surface area contributed by atoms with Crippen molar-refractivity contribution in [3.63, 3.8) is 0 Å². The fourth-order valence-electron chi connectivity index (χ4n) is 8.92. The van der Waals surface area contributed by atoms with Crippen molar-refractivity contribution in [2.45, 2.75) is 45.5 Å². The number of hydrogen-bond donors (Lipinski definition) is 0. The lowest BCUT2D eigenvalue weighted by molar-refractivity contribution is 0.0550. The lowest BCUT2D eigenvalue weighted by Gasteiger charge is -2.55. The second-order valence-electron chi connectivity index (χ2n) is 16.4. The van der Waals surface area contributed by atoms with Crippen LogP contribution in [0.15, 0.2) is 121 Å². The second kappa shape index (κ2) is 16.9. The van der Waals surface area contributed by atoms with E-state index in [0.717, 1.165) is 90.6 Å². The highest BCUT2D eigenvalue weighted by atomic mass is 16.6. The zero-order chi connectivity index (χ0) is 39.3. The molecule has 10 heteroatoms. The zero-order valence-corrected chi connectivity index (χ0v) is 33.3. The van der Waals surface area contributed by atoms with Crippen molar-refractivity contribution in [2.24, 2.45) is 18.4 Å². The molecule has 4 aromatic carbocycles. The first-order chi connectivity index (χ1) is 28.5. The van der Waals surface area contributed by atoms with E-state index < -0.39 is 0 Å². The van der Waals surface area contributed by atoms with Crippen molar-refractivity contribution in [3.05, 3.63) is 138 Å². The highest BCUT2D eigenvalue weighted by molar-refractivity contribution is 5.96. The molecule has 58 heavy (non-hydrogen) atoms. The fourth-order valence-corrected chi connectivity index (χ4v) is 8.92. The van der Waals surface area contributed by atoms with Gasteiger partial charge in [-0.1, -0.05) is 91.0 Å². The first kappa shape index (κ1) is 37.7. The lowest BCUT2D eigenvalue weighted by Crippen LogP contribution is -2.58. The van der Waals surface area contributed by atoms with Gasteiger partial charge in [-0.05, 0) is 72.6 Å². The molecule has 6 aromatic rings. The van der Waals surface area contributed by atoms with Gasteiger partial charge in [-0.25, -0.2) is 4.79 Å². The van der Waals surface area contributed by atoms with Gasteiger partial charge in [0.25, 0.3) is 0 Å². The number of carbonyl (C=O) groups is 1. The number of amides is 1. The summed E-state index contributed by atoms with van der Waals surface area (Å²) >= 11 is 0. The van der Waals surface area contributed by atoms with Gasteiger partial charge in [0.1, 0.15) is 25.5 Å². The maximum atomic E-state index is 12.7. The van der Waals surface area contributed by atoms with Gasteiger partial charge in [-0.15, -0.1) is 0 Å². The van der Waals surface area contributed by atoms with E-state index in [-0.39, 0.29) is 6.09 Å². The summed E-state index contributed by atoms with van der Waals surface area (Å²) in [6.07, 6.45) is 4.90. The molecule has 1 amide bonds. The molecule has 0 bridgehead atoms. The average Bonchev–Trinajstić information content (AvgIpc) is 3.59. The minimum absolute atomic E-state index is 0.202. The summed E-state index contributed by atoms with van der Waals surface area (Å²) in [6.45, 7) is 7.78. The van der Waals surface area contributed by atoms with Crippen molar-refractivity contribution in [1.29, 1.82) is 0 Å². The first-order valence-corrected chi connectivity index (χ1v) is 20.7. The number of nitrogens with zero attached hydrogens (tertiary/aromatic N) is 6. The number of rotatable bonds is 12. The van der Waals surface area contributed by atoms with Crippen LogP contribution in [0.4, 0.5) is 10.5 Å². The van der Waals surface area contributed by atoms with E-state index in [1.165, 1.54) is 31.4 Å². The average molecular weight is 777 g/mol. The number of ether oxygens (including phenoxy) is 3. The summed E-state index contributed by atoms with van der Waals surface area (Å²) in [4.78, 5) is 24.5. The molecule has 4 heterocycles. The van der Waals surface area contributed by atoms with Gasteiger partial charge >= 0.3 is 6.09 Å². The van der Waals surface area contributed by atoms with Crippen LogP contribution in [0.5, 0.6) is 11.8 Å². The van der Waals surface area contributed by atoms with Gasteiger partial charge < -0.3 is 24.0 Å². The third-order valence-corrected chi connectivity index (χ3v) is 12.3. The third kappa shape index (κ3) is 8.53. The standard InChI is InChI=1S/C48H52N6O4/c1-51-43-29-40(54-34-48(35-54)23-21-36(22-24-48)30-52-25-27-53(28-26-52)47(55)58-33-39-15-9-4-10-16-39)17-18-41(43)45(50-51)42-19-20-44(56-31-37-11-5-2-6-12-37)49-46(42)57-32-38-13-7-3-8-14-38/h2-20,29,36H,21-28,30-35H2,1H3. The van der Waals surface area contributed by atoms with Crippen molar-refractivity contribution in [1.82, 2.24) is 24.6 Å². The van der Waals surface area contributed by atoms with Crippen LogP contribution in [0.3, 0.4) is 0 Å². The molecule has 3 aliphatic rings. The maximum Gasteiger partial charge on any atom is 0.410 e. The van der Waals surface area contributed by atoms with Crippen molar-refractivity contribution >= 4 is 22.7 Å². The lowest BCUT2D eigenvalue weighted by atomic mass is 9.65. The molecule has 9 rings (SSSR count). The van der Waals surface area contributed by atoms with E-state index in [0.29, 0.717) is 37.0 Å². The molecule has 1 aliphatic carbocycles. The second-order valence-corrected chi connectivity index (χ2v) is 16.4. The Kier molecular flexibility index (Phi) is 11.0. The van der Waals surface area contributed by atoms with Gasteiger partial charge in [0, 0.05) is 75.4 Å². The summed E-state index contributed by atoms with van der Waals surface area (Å²) in [5.74, 6) is 1.73. The number of anilines is 1. The van der Waals surface area contributed by atoms with Crippen LogP contribution in [-0.4, -0.2) is 76.5 Å². The van der Waals surface area contributed by atoms with Crippen LogP contribution in [0.1, 0.15) is 42.4 Å². The molecular weight excluding hydrogens is 725 g/mol.